The molecular weight excluding hydrogens is 1080 g/mol. The Bertz CT molecular complexity index is 4100. The molecule has 11 aromatic carbocycles. The Kier molecular flexibility index (Phi) is 20.0. The van der Waals surface area contributed by atoms with E-state index >= 15 is 0 Å². The molecule has 0 atom stereocenters. The number of hydrogen-bond donors (Lipinski definition) is 0. The molecular formula is C77H62O10. The number of methoxy groups -OCH3 is 1. The molecule has 0 radical (unpaired) electrons. The second-order valence-corrected chi connectivity index (χ2v) is 20.5. The van der Waals surface area contributed by atoms with Crippen LogP contribution in [0.25, 0.3) is 0 Å². The van der Waals surface area contributed by atoms with Gasteiger partial charge in [-0.2, -0.15) is 0 Å². The van der Waals surface area contributed by atoms with E-state index in [0.29, 0.717) is 73.1 Å². The quantitative estimate of drug-likeness (QED) is 0.0765. The topological polar surface area (TPSA) is 132 Å². The molecule has 0 unspecified atom stereocenters. The van der Waals surface area contributed by atoms with Gasteiger partial charge in [-0.05, 0) is 217 Å². The van der Waals surface area contributed by atoms with E-state index < -0.39 is 0 Å². The first-order valence-electron chi connectivity index (χ1n) is 28.1. The molecule has 0 heterocycles. The van der Waals surface area contributed by atoms with Gasteiger partial charge in [-0.25, -0.2) is 0 Å². The van der Waals surface area contributed by atoms with Gasteiger partial charge in [0.25, 0.3) is 0 Å². The van der Waals surface area contributed by atoms with Gasteiger partial charge in [-0.1, -0.05) is 107 Å². The van der Waals surface area contributed by atoms with Gasteiger partial charge in [-0.3, -0.25) is 24.0 Å². The van der Waals surface area contributed by atoms with Gasteiger partial charge >= 0.3 is 0 Å². The van der Waals surface area contributed by atoms with Gasteiger partial charge < -0.3 is 23.7 Å². The lowest BCUT2D eigenvalue weighted by molar-refractivity contribution is 0.101. The predicted octanol–water partition coefficient (Wildman–Crippen LogP) is 18.6. The van der Waals surface area contributed by atoms with Crippen molar-refractivity contribution in [3.63, 3.8) is 0 Å². The van der Waals surface area contributed by atoms with Gasteiger partial charge in [0.05, 0.1) is 7.11 Å². The van der Waals surface area contributed by atoms with Crippen LogP contribution in [-0.2, 0) is 0 Å². The van der Waals surface area contributed by atoms with Crippen LogP contribution in [0.3, 0.4) is 0 Å². The summed E-state index contributed by atoms with van der Waals surface area (Å²) in [5, 5.41) is 0. The highest BCUT2D eigenvalue weighted by Gasteiger charge is 2.15. The highest BCUT2D eigenvalue weighted by molar-refractivity contribution is 6.12. The molecule has 10 nitrogen and oxygen atoms in total. The number of rotatable bonds is 18. The molecule has 87 heavy (non-hydrogen) atoms. The lowest BCUT2D eigenvalue weighted by Gasteiger charge is -2.09. The lowest BCUT2D eigenvalue weighted by atomic mass is 9.98. The molecule has 0 N–H and O–H groups in total. The third-order valence-electron chi connectivity index (χ3n) is 13.8. The number of aryl methyl sites for hydroxylation is 4. The van der Waals surface area contributed by atoms with E-state index in [1.807, 2.05) is 113 Å². The van der Waals surface area contributed by atoms with E-state index in [-0.39, 0.29) is 28.9 Å². The third-order valence-corrected chi connectivity index (χ3v) is 13.8. The normalized spacial score (nSPS) is 10.4. The molecule has 0 spiro atoms. The SMILES string of the molecule is CC(=O)c1ccc(Oc2ccc(C)cc2)cc1.COc1ccc(C(=O)c2ccc(Oc3ccc(C)cc3)cc2)cc1.Cc1ccc(Oc2ccc(C(=O)c3ccc(Oc4ccc(C(=O)c5ccc(C(=O)c6ccc(C)cc6)cc5)cc4)cc3)cc2)cc1. The van der Waals surface area contributed by atoms with Crippen molar-refractivity contribution in [2.24, 2.45) is 0 Å². The Morgan fingerprint density at radius 3 is 0.529 bits per heavy atom. The summed E-state index contributed by atoms with van der Waals surface area (Å²) in [5.74, 6) is 5.92. The number of carbonyl (C=O) groups is 5. The maximum Gasteiger partial charge on any atom is 0.193 e. The maximum absolute atomic E-state index is 13.1. The fourth-order valence-corrected chi connectivity index (χ4v) is 8.71. The molecule has 0 amide bonds. The van der Waals surface area contributed by atoms with Gasteiger partial charge in [0.2, 0.25) is 0 Å². The minimum Gasteiger partial charge on any atom is -0.497 e. The molecule has 0 saturated carbocycles. The van der Waals surface area contributed by atoms with Crippen LogP contribution >= 0.6 is 0 Å². The summed E-state index contributed by atoms with van der Waals surface area (Å²) in [4.78, 5) is 62.5. The average Bonchev–Trinajstić information content (AvgIpc) is 3.75. The van der Waals surface area contributed by atoms with E-state index in [1.54, 1.807) is 196 Å². The highest BCUT2D eigenvalue weighted by Crippen LogP contribution is 2.28. The van der Waals surface area contributed by atoms with Gasteiger partial charge in [0, 0.05) is 50.1 Å². The Morgan fingerprint density at radius 1 is 0.207 bits per heavy atom. The summed E-state index contributed by atoms with van der Waals surface area (Å²) >= 11 is 0. The monoisotopic (exact) mass is 1150 g/mol. The number of benzene rings is 11. The summed E-state index contributed by atoms with van der Waals surface area (Å²) < 4.78 is 28.4. The average molecular weight is 1150 g/mol. The van der Waals surface area contributed by atoms with Gasteiger partial charge in [-0.15, -0.1) is 0 Å². The van der Waals surface area contributed by atoms with Crippen molar-refractivity contribution >= 4 is 28.9 Å². The van der Waals surface area contributed by atoms with Crippen LogP contribution in [0.4, 0.5) is 0 Å². The van der Waals surface area contributed by atoms with Gasteiger partial charge in [0.15, 0.2) is 28.9 Å². The van der Waals surface area contributed by atoms with Crippen molar-refractivity contribution in [1.29, 1.82) is 0 Å². The van der Waals surface area contributed by atoms with Crippen molar-refractivity contribution in [1.82, 2.24) is 0 Å². The molecule has 430 valence electrons. The van der Waals surface area contributed by atoms with Crippen LogP contribution in [0, 0.1) is 27.7 Å². The Morgan fingerprint density at radius 2 is 0.345 bits per heavy atom. The zero-order chi connectivity index (χ0) is 61.2. The second kappa shape index (κ2) is 28.8. The van der Waals surface area contributed by atoms with E-state index in [1.165, 1.54) is 11.1 Å². The van der Waals surface area contributed by atoms with Crippen molar-refractivity contribution in [2.75, 3.05) is 7.11 Å². The van der Waals surface area contributed by atoms with Crippen molar-refractivity contribution in [3.05, 3.63) is 339 Å². The predicted molar refractivity (Wildman–Crippen MR) is 340 cm³/mol. The summed E-state index contributed by atoms with van der Waals surface area (Å²) in [6.45, 7) is 9.61. The number of carbonyl (C=O) groups excluding carboxylic acids is 5. The van der Waals surface area contributed by atoms with Gasteiger partial charge in [0.1, 0.15) is 51.7 Å². The minimum absolute atomic E-state index is 0.0282. The standard InChI is InChI=1S/C41H30O5.C21H18O3.C15H14O2/c1-27-3-7-29(8-4-27)39(42)30-9-11-31(12-10-30)40(43)32-13-23-37(24-14-32)46-38-25-17-34(18-26-38)41(44)33-15-21-36(22-16-33)45-35-19-5-28(2)6-20-35;1-15-3-9-19(10-4-15)24-20-13-7-17(8-14-20)21(22)16-5-11-18(23-2)12-6-16;1-11-3-7-14(8-4-11)17-15-9-5-13(6-10-15)12(2)16/h3-26H,1-2H3;3-14H,1-2H3;3-10H,1-2H3. The fourth-order valence-electron chi connectivity index (χ4n) is 8.71. The zero-order valence-electron chi connectivity index (χ0n) is 49.0. The van der Waals surface area contributed by atoms with Crippen LogP contribution in [0.15, 0.2) is 267 Å². The number of Topliss-reactive ketones (excluding diaryl/α,β-unsaturated/α-hetero) is 1. The van der Waals surface area contributed by atoms with E-state index in [9.17, 15) is 24.0 Å². The van der Waals surface area contributed by atoms with Crippen LogP contribution in [-0.4, -0.2) is 36.0 Å². The third kappa shape index (κ3) is 17.0. The number of hydrogen-bond acceptors (Lipinski definition) is 10. The lowest BCUT2D eigenvalue weighted by Crippen LogP contribution is -2.04. The summed E-state index contributed by atoms with van der Waals surface area (Å²) in [6, 6.07) is 79.8. The first-order chi connectivity index (χ1) is 42.1. The minimum atomic E-state index is -0.154. The largest absolute Gasteiger partial charge is 0.497 e. The summed E-state index contributed by atoms with van der Waals surface area (Å²) in [5.41, 5.74) is 9.78. The first-order valence-corrected chi connectivity index (χ1v) is 28.1. The van der Waals surface area contributed by atoms with Crippen molar-refractivity contribution in [2.45, 2.75) is 34.6 Å². The van der Waals surface area contributed by atoms with Crippen molar-refractivity contribution in [3.8, 4) is 51.7 Å². The molecule has 10 heteroatoms. The fraction of sp³-hybridized carbons (Fsp3) is 0.0779. The Balaban J connectivity index is 0.000000182. The summed E-state index contributed by atoms with van der Waals surface area (Å²) in [6.07, 6.45) is 0. The molecule has 0 saturated heterocycles. The first kappa shape index (κ1) is 60.4. The zero-order valence-corrected chi connectivity index (χ0v) is 49.0. The molecule has 0 fully saturated rings. The van der Waals surface area contributed by atoms with Crippen LogP contribution in [0.2, 0.25) is 0 Å². The highest BCUT2D eigenvalue weighted by atomic mass is 16.5. The molecule has 0 aliphatic rings. The van der Waals surface area contributed by atoms with Crippen LogP contribution in [0.5, 0.6) is 51.7 Å². The van der Waals surface area contributed by atoms with Crippen LogP contribution < -0.4 is 23.7 Å². The summed E-state index contributed by atoms with van der Waals surface area (Å²) in [7, 11) is 1.60. The number of ether oxygens (including phenoxy) is 5. The molecule has 11 aromatic rings. The van der Waals surface area contributed by atoms with Crippen molar-refractivity contribution < 1.29 is 47.7 Å². The smallest absolute Gasteiger partial charge is 0.193 e. The van der Waals surface area contributed by atoms with E-state index in [2.05, 4.69) is 0 Å². The number of ketones is 5. The molecule has 0 aliphatic heterocycles. The molecule has 0 aromatic heterocycles. The Hall–Kier alpha value is -11.2. The Labute approximate surface area is 506 Å². The second-order valence-electron chi connectivity index (χ2n) is 20.5. The van der Waals surface area contributed by atoms with E-state index in [0.717, 1.165) is 39.9 Å². The molecule has 0 bridgehead atoms. The van der Waals surface area contributed by atoms with E-state index in [4.69, 9.17) is 23.7 Å². The van der Waals surface area contributed by atoms with Crippen LogP contribution in [0.1, 0.15) is 103 Å². The molecule has 11 rings (SSSR count). The molecule has 0 aliphatic carbocycles. The maximum atomic E-state index is 13.1.